The van der Waals surface area contributed by atoms with Crippen molar-refractivity contribution in [3.8, 4) is 0 Å². The van der Waals surface area contributed by atoms with Crippen LogP contribution in [0.1, 0.15) is 46.0 Å². The normalized spacial score (nSPS) is 24.7. The van der Waals surface area contributed by atoms with Crippen molar-refractivity contribution >= 4 is 11.9 Å². The fourth-order valence-electron chi connectivity index (χ4n) is 2.67. The molecule has 1 atom stereocenters. The molecule has 1 saturated carbocycles. The van der Waals surface area contributed by atoms with Crippen LogP contribution in [0, 0.1) is 17.8 Å². The Morgan fingerprint density at radius 3 is 2.10 bits per heavy atom. The molecule has 0 unspecified atom stereocenters. The van der Waals surface area contributed by atoms with Crippen LogP contribution in [0.3, 0.4) is 0 Å². The number of nitrogens with one attached hydrogen (secondary N) is 1. The molecule has 4 nitrogen and oxygen atoms in total. The minimum atomic E-state index is -4.21. The standard InChI is InChI=1S/C14H22F3NO3/c1-8(2)7-11(13(20)21)18-12(19)9-3-5-10(6-4-9)14(15,16)17/h8-11H,3-7H2,1-2H3,(H,18,19)(H,20,21)/t9?,10?,11-/m0/s1. The lowest BCUT2D eigenvalue weighted by atomic mass is 9.81. The van der Waals surface area contributed by atoms with Gasteiger partial charge in [-0.1, -0.05) is 13.8 Å². The lowest BCUT2D eigenvalue weighted by molar-refractivity contribution is -0.184. The largest absolute Gasteiger partial charge is 0.480 e. The van der Waals surface area contributed by atoms with E-state index in [0.29, 0.717) is 6.42 Å². The second-order valence-corrected chi connectivity index (χ2v) is 6.12. The summed E-state index contributed by atoms with van der Waals surface area (Å²) in [6.45, 7) is 3.69. The quantitative estimate of drug-likeness (QED) is 0.820. The van der Waals surface area contributed by atoms with Crippen LogP contribution in [0.5, 0.6) is 0 Å². The number of carboxylic acid groups (broad SMARTS) is 1. The van der Waals surface area contributed by atoms with E-state index < -0.39 is 35.9 Å². The number of carboxylic acids is 1. The number of amides is 1. The molecular weight excluding hydrogens is 287 g/mol. The molecule has 21 heavy (non-hydrogen) atoms. The molecule has 1 amide bonds. The van der Waals surface area contributed by atoms with Crippen molar-refractivity contribution in [2.24, 2.45) is 17.8 Å². The second-order valence-electron chi connectivity index (χ2n) is 6.12. The van der Waals surface area contributed by atoms with Gasteiger partial charge in [0.05, 0.1) is 5.92 Å². The molecule has 0 bridgehead atoms. The molecule has 0 saturated heterocycles. The molecule has 0 aromatic carbocycles. The summed E-state index contributed by atoms with van der Waals surface area (Å²) >= 11 is 0. The summed E-state index contributed by atoms with van der Waals surface area (Å²) in [5.41, 5.74) is 0. The first kappa shape index (κ1) is 17.8. The number of alkyl halides is 3. The first-order valence-corrected chi connectivity index (χ1v) is 7.21. The second kappa shape index (κ2) is 7.13. The van der Waals surface area contributed by atoms with Crippen LogP contribution < -0.4 is 5.32 Å². The highest BCUT2D eigenvalue weighted by Gasteiger charge is 2.42. The van der Waals surface area contributed by atoms with Crippen LogP contribution >= 0.6 is 0 Å². The highest BCUT2D eigenvalue weighted by atomic mass is 19.4. The summed E-state index contributed by atoms with van der Waals surface area (Å²) in [6.07, 6.45) is -3.72. The van der Waals surface area contributed by atoms with E-state index in [1.54, 1.807) is 0 Å². The van der Waals surface area contributed by atoms with E-state index >= 15 is 0 Å². The van der Waals surface area contributed by atoms with Crippen LogP contribution in [-0.4, -0.2) is 29.2 Å². The Bertz CT molecular complexity index is 374. The highest BCUT2D eigenvalue weighted by molar-refractivity contribution is 5.85. The van der Waals surface area contributed by atoms with Crippen molar-refractivity contribution in [3.05, 3.63) is 0 Å². The topological polar surface area (TPSA) is 66.4 Å². The first-order valence-electron chi connectivity index (χ1n) is 7.21. The molecular formula is C14H22F3NO3. The van der Waals surface area contributed by atoms with Gasteiger partial charge >= 0.3 is 12.1 Å². The van der Waals surface area contributed by atoms with Crippen molar-refractivity contribution in [2.45, 2.75) is 58.2 Å². The molecule has 1 rings (SSSR count). The van der Waals surface area contributed by atoms with E-state index in [0.717, 1.165) is 0 Å². The van der Waals surface area contributed by atoms with Gasteiger partial charge in [0.15, 0.2) is 0 Å². The van der Waals surface area contributed by atoms with E-state index in [1.807, 2.05) is 13.8 Å². The molecule has 0 aromatic rings. The van der Waals surface area contributed by atoms with Crippen molar-refractivity contribution in [1.82, 2.24) is 5.32 Å². The van der Waals surface area contributed by atoms with Gasteiger partial charge in [0.2, 0.25) is 5.91 Å². The smallest absolute Gasteiger partial charge is 0.391 e. The monoisotopic (exact) mass is 309 g/mol. The zero-order chi connectivity index (χ0) is 16.2. The Kier molecular flexibility index (Phi) is 6.04. The molecule has 7 heteroatoms. The molecule has 0 heterocycles. The van der Waals surface area contributed by atoms with Gasteiger partial charge in [0, 0.05) is 5.92 Å². The van der Waals surface area contributed by atoms with Gasteiger partial charge in [-0.15, -0.1) is 0 Å². The number of hydrogen-bond acceptors (Lipinski definition) is 2. The van der Waals surface area contributed by atoms with Crippen LogP contribution in [0.15, 0.2) is 0 Å². The van der Waals surface area contributed by atoms with Crippen molar-refractivity contribution in [1.29, 1.82) is 0 Å². The Labute approximate surface area is 122 Å². The number of hydrogen-bond donors (Lipinski definition) is 2. The minimum Gasteiger partial charge on any atom is -0.480 e. The summed E-state index contributed by atoms with van der Waals surface area (Å²) in [4.78, 5) is 23.1. The summed E-state index contributed by atoms with van der Waals surface area (Å²) in [7, 11) is 0. The Morgan fingerprint density at radius 2 is 1.71 bits per heavy atom. The molecule has 2 N–H and O–H groups in total. The third-order valence-corrected chi connectivity index (χ3v) is 3.88. The summed E-state index contributed by atoms with van der Waals surface area (Å²) in [5, 5.41) is 11.5. The highest BCUT2D eigenvalue weighted by Crippen LogP contribution is 2.39. The number of aliphatic carboxylic acids is 1. The Morgan fingerprint density at radius 1 is 1.19 bits per heavy atom. The fraction of sp³-hybridized carbons (Fsp3) is 0.857. The molecule has 122 valence electrons. The van der Waals surface area contributed by atoms with Gasteiger partial charge in [0.25, 0.3) is 0 Å². The maximum absolute atomic E-state index is 12.6. The van der Waals surface area contributed by atoms with Crippen molar-refractivity contribution < 1.29 is 27.9 Å². The average molecular weight is 309 g/mol. The number of rotatable bonds is 5. The lowest BCUT2D eigenvalue weighted by Gasteiger charge is -2.30. The molecule has 0 aromatic heterocycles. The Balaban J connectivity index is 2.51. The van der Waals surface area contributed by atoms with Gasteiger partial charge in [-0.25, -0.2) is 4.79 Å². The fourth-order valence-corrected chi connectivity index (χ4v) is 2.67. The van der Waals surface area contributed by atoms with Gasteiger partial charge < -0.3 is 10.4 Å². The third-order valence-electron chi connectivity index (χ3n) is 3.88. The summed E-state index contributed by atoms with van der Waals surface area (Å²) < 4.78 is 37.7. The zero-order valence-corrected chi connectivity index (χ0v) is 12.2. The maximum atomic E-state index is 12.6. The van der Waals surface area contributed by atoms with E-state index in [1.165, 1.54) is 0 Å². The lowest BCUT2D eigenvalue weighted by Crippen LogP contribution is -2.45. The molecule has 0 aliphatic heterocycles. The SMILES string of the molecule is CC(C)C[C@H](NC(=O)C1CCC(C(F)(F)F)CC1)C(=O)O. The predicted octanol–water partition coefficient (Wildman–Crippen LogP) is 2.97. The number of carbonyl (C=O) groups is 2. The molecule has 1 aliphatic rings. The first-order chi connectivity index (χ1) is 9.61. The van der Waals surface area contributed by atoms with E-state index in [2.05, 4.69) is 5.32 Å². The van der Waals surface area contributed by atoms with Gasteiger partial charge in [-0.05, 0) is 38.0 Å². The molecule has 0 spiro atoms. The van der Waals surface area contributed by atoms with E-state index in [-0.39, 0.29) is 31.6 Å². The van der Waals surface area contributed by atoms with Gasteiger partial charge in [0.1, 0.15) is 6.04 Å². The molecule has 0 radical (unpaired) electrons. The van der Waals surface area contributed by atoms with Crippen LogP contribution in [-0.2, 0) is 9.59 Å². The summed E-state index contributed by atoms with van der Waals surface area (Å²) in [5.74, 6) is -3.30. The molecule has 1 aliphatic carbocycles. The van der Waals surface area contributed by atoms with Crippen LogP contribution in [0.2, 0.25) is 0 Å². The zero-order valence-electron chi connectivity index (χ0n) is 12.2. The maximum Gasteiger partial charge on any atom is 0.391 e. The third kappa shape index (κ3) is 5.55. The summed E-state index contributed by atoms with van der Waals surface area (Å²) in [6, 6.07) is -0.974. The average Bonchev–Trinajstić information content (AvgIpc) is 2.36. The Hall–Kier alpha value is -1.27. The van der Waals surface area contributed by atoms with Crippen LogP contribution in [0.25, 0.3) is 0 Å². The minimum absolute atomic E-state index is 0.0660. The van der Waals surface area contributed by atoms with Crippen molar-refractivity contribution in [3.63, 3.8) is 0 Å². The van der Waals surface area contributed by atoms with Gasteiger partial charge in [-0.3, -0.25) is 4.79 Å². The van der Waals surface area contributed by atoms with Gasteiger partial charge in [-0.2, -0.15) is 13.2 Å². The predicted molar refractivity (Wildman–Crippen MR) is 70.5 cm³/mol. The van der Waals surface area contributed by atoms with Crippen LogP contribution in [0.4, 0.5) is 13.2 Å². The van der Waals surface area contributed by atoms with E-state index in [4.69, 9.17) is 5.11 Å². The van der Waals surface area contributed by atoms with E-state index in [9.17, 15) is 22.8 Å². The molecule has 1 fully saturated rings. The number of carbonyl (C=O) groups excluding carboxylic acids is 1. The number of halogens is 3. The van der Waals surface area contributed by atoms with Crippen molar-refractivity contribution in [2.75, 3.05) is 0 Å².